The average Bonchev–Trinajstić information content (AvgIpc) is 3.59. The van der Waals surface area contributed by atoms with Crippen molar-refractivity contribution < 1.29 is 38.4 Å². The Morgan fingerprint density at radius 1 is 1.00 bits per heavy atom. The Morgan fingerprint density at radius 3 is 2.09 bits per heavy atom. The average molecular weight is 814 g/mol. The van der Waals surface area contributed by atoms with Crippen molar-refractivity contribution in [1.29, 1.82) is 0 Å². The molecule has 0 bridgehead atoms. The number of rotatable bonds is 12. The van der Waals surface area contributed by atoms with Gasteiger partial charge in [0.1, 0.15) is 32.0 Å². The first kappa shape index (κ1) is 30.0. The smallest absolute Gasteiger partial charge is 0.339 e. The summed E-state index contributed by atoms with van der Waals surface area (Å²) in [6.45, 7) is 7.26. The summed E-state index contributed by atoms with van der Waals surface area (Å²) in [7, 11) is 0. The number of ether oxygens (including phenoxy) is 4. The molecular weight excluding hydrogens is 785 g/mol. The molecule has 2 atom stereocenters. The Labute approximate surface area is 240 Å². The molecule has 1 aliphatic rings. The monoisotopic (exact) mass is 814 g/mol. The van der Waals surface area contributed by atoms with Gasteiger partial charge < -0.3 is 24.1 Å². The molecule has 0 aliphatic carbocycles. The minimum absolute atomic E-state index is 0.000649. The van der Waals surface area contributed by atoms with Crippen LogP contribution in [0.3, 0.4) is 0 Å². The van der Waals surface area contributed by atoms with E-state index in [1.54, 1.807) is 33.8 Å². The number of esters is 3. The number of aliphatic hydroxyl groups excluding tert-OH is 1. The van der Waals surface area contributed by atoms with Crippen molar-refractivity contribution >= 4 is 85.7 Å². The fraction of sp³-hybridized carbons (Fsp3) is 0.609. The highest BCUT2D eigenvalue weighted by Gasteiger charge is 2.37. The second kappa shape index (κ2) is 12.8. The van der Waals surface area contributed by atoms with Gasteiger partial charge in [-0.2, -0.15) is 0 Å². The summed E-state index contributed by atoms with van der Waals surface area (Å²) >= 11 is 6.34. The van der Waals surface area contributed by atoms with Gasteiger partial charge in [-0.15, -0.1) is 0 Å². The van der Waals surface area contributed by atoms with E-state index in [-0.39, 0.29) is 31.9 Å². The molecule has 1 aliphatic heterocycles. The van der Waals surface area contributed by atoms with Gasteiger partial charge in [0.05, 0.1) is 23.0 Å². The molecule has 8 nitrogen and oxygen atoms in total. The lowest BCUT2D eigenvalue weighted by atomic mass is 9.79. The van der Waals surface area contributed by atoms with Crippen molar-refractivity contribution in [2.75, 3.05) is 26.4 Å². The molecular formula is C23H29I3O8. The predicted octanol–water partition coefficient (Wildman–Crippen LogP) is 4.34. The van der Waals surface area contributed by atoms with Crippen LogP contribution in [0, 0.1) is 21.5 Å². The lowest BCUT2D eigenvalue weighted by Crippen LogP contribution is -2.34. The number of halogens is 3. The van der Waals surface area contributed by atoms with Crippen LogP contribution < -0.4 is 0 Å². The van der Waals surface area contributed by atoms with Gasteiger partial charge in [-0.05, 0) is 120 Å². The maximum atomic E-state index is 12.6. The molecule has 1 aromatic carbocycles. The van der Waals surface area contributed by atoms with Crippen LogP contribution in [-0.2, 0) is 28.5 Å². The van der Waals surface area contributed by atoms with E-state index in [1.807, 2.05) is 6.07 Å². The molecule has 34 heavy (non-hydrogen) atoms. The van der Waals surface area contributed by atoms with Crippen LogP contribution in [0.2, 0.25) is 0 Å². The second-order valence-corrected chi connectivity index (χ2v) is 12.9. The SMILES string of the molecule is CC(C)(CCC(C)(C)C(=O)OCC1CO1)C(=O)OCC(O)COC(=O)c1cc(I)cc(I)c1I. The van der Waals surface area contributed by atoms with Gasteiger partial charge in [-0.25, -0.2) is 4.79 Å². The first-order valence-corrected chi connectivity index (χ1v) is 13.9. The molecule has 0 spiro atoms. The zero-order valence-electron chi connectivity index (χ0n) is 19.5. The molecule has 1 saturated heterocycles. The van der Waals surface area contributed by atoms with Crippen LogP contribution in [0.25, 0.3) is 0 Å². The molecule has 1 fully saturated rings. The number of hydrogen-bond donors (Lipinski definition) is 1. The van der Waals surface area contributed by atoms with Gasteiger partial charge >= 0.3 is 17.9 Å². The first-order valence-electron chi connectivity index (χ1n) is 10.7. The number of hydrogen-bond acceptors (Lipinski definition) is 8. The van der Waals surface area contributed by atoms with Crippen molar-refractivity contribution in [1.82, 2.24) is 0 Å². The van der Waals surface area contributed by atoms with E-state index in [4.69, 9.17) is 18.9 Å². The quantitative estimate of drug-likeness (QED) is 0.109. The standard InChI is InChI=1S/C23H29I3O8/c1-22(2,5-6-23(3,4)21(30)34-12-15-11-31-15)20(29)33-10-14(27)9-32-19(28)16-7-13(24)8-17(25)18(16)26/h7-8,14-15,27H,5-6,9-12H2,1-4H3. The molecule has 1 heterocycles. The number of aliphatic hydroxyl groups is 1. The van der Waals surface area contributed by atoms with Gasteiger partial charge in [-0.1, -0.05) is 0 Å². The zero-order valence-corrected chi connectivity index (χ0v) is 26.0. The van der Waals surface area contributed by atoms with Crippen molar-refractivity contribution in [3.8, 4) is 0 Å². The van der Waals surface area contributed by atoms with E-state index in [2.05, 4.69) is 67.8 Å². The van der Waals surface area contributed by atoms with E-state index < -0.39 is 28.9 Å². The zero-order chi connectivity index (χ0) is 25.7. The van der Waals surface area contributed by atoms with Gasteiger partial charge in [0, 0.05) is 10.7 Å². The molecule has 190 valence electrons. The fourth-order valence-electron chi connectivity index (χ4n) is 2.73. The minimum atomic E-state index is -1.15. The number of carbonyl (C=O) groups excluding carboxylic acids is 3. The van der Waals surface area contributed by atoms with Crippen molar-refractivity contribution in [2.45, 2.75) is 52.7 Å². The maximum absolute atomic E-state index is 12.6. The normalized spacial score (nSPS) is 16.5. The summed E-state index contributed by atoms with van der Waals surface area (Å²) in [5.74, 6) is -1.38. The third kappa shape index (κ3) is 9.32. The summed E-state index contributed by atoms with van der Waals surface area (Å²) in [5.41, 5.74) is -1.21. The van der Waals surface area contributed by atoms with E-state index in [0.29, 0.717) is 25.0 Å². The molecule has 0 radical (unpaired) electrons. The lowest BCUT2D eigenvalue weighted by molar-refractivity contribution is -0.161. The highest BCUT2D eigenvalue weighted by molar-refractivity contribution is 14.1. The molecule has 0 aromatic heterocycles. The molecule has 11 heteroatoms. The molecule has 2 unspecified atom stereocenters. The molecule has 1 N–H and O–H groups in total. The van der Waals surface area contributed by atoms with Gasteiger partial charge in [-0.3, -0.25) is 9.59 Å². The Morgan fingerprint density at radius 2 is 1.53 bits per heavy atom. The Kier molecular flexibility index (Phi) is 11.3. The molecule has 2 rings (SSSR count). The minimum Gasteiger partial charge on any atom is -0.462 e. The molecule has 0 saturated carbocycles. The predicted molar refractivity (Wildman–Crippen MR) is 149 cm³/mol. The van der Waals surface area contributed by atoms with E-state index in [0.717, 1.165) is 10.7 Å². The summed E-state index contributed by atoms with van der Waals surface area (Å²) < 4.78 is 23.4. The van der Waals surface area contributed by atoms with E-state index in [9.17, 15) is 19.5 Å². The number of epoxide rings is 1. The van der Waals surface area contributed by atoms with E-state index >= 15 is 0 Å². The van der Waals surface area contributed by atoms with Crippen LogP contribution >= 0.6 is 67.8 Å². The Balaban J connectivity index is 1.77. The third-order valence-electron chi connectivity index (χ3n) is 5.31. The summed E-state index contributed by atoms with van der Waals surface area (Å²) in [5, 5.41) is 10.1. The van der Waals surface area contributed by atoms with Gasteiger partial charge in [0.15, 0.2) is 0 Å². The largest absolute Gasteiger partial charge is 0.462 e. The lowest BCUT2D eigenvalue weighted by Gasteiger charge is -2.28. The summed E-state index contributed by atoms with van der Waals surface area (Å²) in [6.07, 6.45) is -0.338. The highest BCUT2D eigenvalue weighted by Crippen LogP contribution is 2.33. The first-order chi connectivity index (χ1) is 15.7. The third-order valence-corrected chi connectivity index (χ3v) is 8.98. The Hall–Kier alpha value is -0.260. The fourth-order valence-corrected chi connectivity index (χ4v) is 5.10. The maximum Gasteiger partial charge on any atom is 0.339 e. The number of benzene rings is 1. The summed E-state index contributed by atoms with van der Waals surface area (Å²) in [6, 6.07) is 3.67. The van der Waals surface area contributed by atoms with Gasteiger partial charge in [0.25, 0.3) is 0 Å². The topological polar surface area (TPSA) is 112 Å². The highest BCUT2D eigenvalue weighted by atomic mass is 127. The van der Waals surface area contributed by atoms with Crippen molar-refractivity contribution in [3.05, 3.63) is 28.4 Å². The van der Waals surface area contributed by atoms with E-state index in [1.165, 1.54) is 0 Å². The van der Waals surface area contributed by atoms with Crippen LogP contribution in [0.4, 0.5) is 0 Å². The van der Waals surface area contributed by atoms with Gasteiger partial charge in [0.2, 0.25) is 0 Å². The Bertz CT molecular complexity index is 912. The number of carbonyl (C=O) groups is 3. The van der Waals surface area contributed by atoms with Crippen LogP contribution in [0.15, 0.2) is 12.1 Å². The van der Waals surface area contributed by atoms with Crippen LogP contribution in [-0.4, -0.2) is 61.6 Å². The van der Waals surface area contributed by atoms with Crippen LogP contribution in [0.5, 0.6) is 0 Å². The van der Waals surface area contributed by atoms with Crippen molar-refractivity contribution in [3.63, 3.8) is 0 Å². The molecule has 0 amide bonds. The summed E-state index contributed by atoms with van der Waals surface area (Å²) in [4.78, 5) is 37.3. The van der Waals surface area contributed by atoms with Crippen molar-refractivity contribution in [2.24, 2.45) is 10.8 Å². The van der Waals surface area contributed by atoms with Crippen LogP contribution in [0.1, 0.15) is 50.9 Å². The molecule has 1 aromatic rings. The second-order valence-electron chi connectivity index (χ2n) is 9.42.